The van der Waals surface area contributed by atoms with Crippen molar-refractivity contribution < 1.29 is 8.42 Å². The molecule has 0 amide bonds. The number of aliphatic imine (C=N–C) groups is 1. The first-order valence-corrected chi connectivity index (χ1v) is 11.1. The van der Waals surface area contributed by atoms with Crippen LogP contribution < -0.4 is 15.5 Å². The lowest BCUT2D eigenvalue weighted by Crippen LogP contribution is -2.49. The molecule has 0 atom stereocenters. The molecule has 1 aromatic heterocycles. The second-order valence-electron chi connectivity index (χ2n) is 8.03. The van der Waals surface area contributed by atoms with E-state index in [1.165, 1.54) is 5.56 Å². The zero-order valence-electron chi connectivity index (χ0n) is 17.1. The van der Waals surface area contributed by atoms with E-state index in [2.05, 4.69) is 37.6 Å². The van der Waals surface area contributed by atoms with Crippen molar-refractivity contribution in [2.45, 2.75) is 51.3 Å². The zero-order chi connectivity index (χ0) is 20.1. The fourth-order valence-electron chi connectivity index (χ4n) is 2.90. The third-order valence-corrected chi connectivity index (χ3v) is 7.48. The van der Waals surface area contributed by atoms with Gasteiger partial charge in [-0.2, -0.15) is 0 Å². The highest BCUT2D eigenvalue weighted by atomic mass is 32.2. The van der Waals surface area contributed by atoms with Crippen LogP contribution in [0.1, 0.15) is 39.2 Å². The van der Waals surface area contributed by atoms with Gasteiger partial charge in [0, 0.05) is 38.9 Å². The number of hydrogen-bond donors (Lipinski definition) is 2. The standard InChI is InChI=1S/C19H33N5O2S/c1-15-6-7-17(22-14-15)24-11-8-16(9-12-24)23-18(20-5)21-10-13-27(25,26)19(2,3)4/h6-7,14,16H,8-13H2,1-5H3,(H2,20,21,23). The Hall–Kier alpha value is -1.83. The first-order chi connectivity index (χ1) is 12.6. The number of anilines is 1. The van der Waals surface area contributed by atoms with Crippen LogP contribution in [-0.4, -0.2) is 62.6 Å². The summed E-state index contributed by atoms with van der Waals surface area (Å²) in [5.41, 5.74) is 1.17. The van der Waals surface area contributed by atoms with Crippen LogP contribution in [0, 0.1) is 6.92 Å². The molecule has 0 saturated carbocycles. The van der Waals surface area contributed by atoms with Crippen molar-refractivity contribution in [3.05, 3.63) is 23.9 Å². The van der Waals surface area contributed by atoms with Crippen molar-refractivity contribution in [2.24, 2.45) is 4.99 Å². The molecule has 0 unspecified atom stereocenters. The van der Waals surface area contributed by atoms with Crippen LogP contribution in [0.2, 0.25) is 0 Å². The summed E-state index contributed by atoms with van der Waals surface area (Å²) in [5, 5.41) is 6.54. The molecule has 0 spiro atoms. The maximum absolute atomic E-state index is 12.2. The van der Waals surface area contributed by atoms with Crippen LogP contribution in [0.15, 0.2) is 23.3 Å². The Morgan fingerprint density at radius 2 is 1.96 bits per heavy atom. The van der Waals surface area contributed by atoms with Crippen molar-refractivity contribution in [1.82, 2.24) is 15.6 Å². The SMILES string of the molecule is CN=C(NCCS(=O)(=O)C(C)(C)C)NC1CCN(c2ccc(C)cn2)CC1. The summed E-state index contributed by atoms with van der Waals surface area (Å²) in [6.07, 6.45) is 3.87. The molecule has 152 valence electrons. The number of piperidine rings is 1. The minimum absolute atomic E-state index is 0.0920. The molecule has 1 aliphatic rings. The molecule has 8 heteroatoms. The van der Waals surface area contributed by atoms with Crippen LogP contribution in [0.5, 0.6) is 0 Å². The molecular weight excluding hydrogens is 362 g/mol. The van der Waals surface area contributed by atoms with E-state index in [-0.39, 0.29) is 5.75 Å². The fourth-order valence-corrected chi connectivity index (χ4v) is 3.88. The first-order valence-electron chi connectivity index (χ1n) is 9.49. The summed E-state index contributed by atoms with van der Waals surface area (Å²) < 4.78 is 23.7. The molecule has 1 aromatic rings. The topological polar surface area (TPSA) is 86.7 Å². The highest BCUT2D eigenvalue weighted by molar-refractivity contribution is 7.92. The Morgan fingerprint density at radius 1 is 1.30 bits per heavy atom. The lowest BCUT2D eigenvalue weighted by molar-refractivity contribution is 0.460. The number of nitrogens with one attached hydrogen (secondary N) is 2. The number of pyridine rings is 1. The number of nitrogens with zero attached hydrogens (tertiary/aromatic N) is 3. The van der Waals surface area contributed by atoms with Gasteiger partial charge in [0.25, 0.3) is 0 Å². The lowest BCUT2D eigenvalue weighted by Gasteiger charge is -2.33. The molecule has 1 saturated heterocycles. The quantitative estimate of drug-likeness (QED) is 0.583. The maximum Gasteiger partial charge on any atom is 0.191 e. The van der Waals surface area contributed by atoms with E-state index in [4.69, 9.17) is 0 Å². The Bertz CT molecular complexity index is 730. The number of aromatic nitrogens is 1. The van der Waals surface area contributed by atoms with Gasteiger partial charge in [-0.15, -0.1) is 0 Å². The summed E-state index contributed by atoms with van der Waals surface area (Å²) in [6, 6.07) is 4.47. The molecule has 1 aliphatic heterocycles. The van der Waals surface area contributed by atoms with Crippen molar-refractivity contribution in [2.75, 3.05) is 37.3 Å². The van der Waals surface area contributed by atoms with E-state index < -0.39 is 14.6 Å². The molecule has 0 bridgehead atoms. The number of rotatable bonds is 5. The van der Waals surface area contributed by atoms with Gasteiger partial charge in [0.1, 0.15) is 5.82 Å². The van der Waals surface area contributed by atoms with Gasteiger partial charge in [-0.1, -0.05) is 6.07 Å². The molecule has 7 nitrogen and oxygen atoms in total. The Balaban J connectivity index is 1.78. The van der Waals surface area contributed by atoms with Crippen molar-refractivity contribution in [1.29, 1.82) is 0 Å². The second-order valence-corrected chi connectivity index (χ2v) is 10.9. The van der Waals surface area contributed by atoms with Gasteiger partial charge in [-0.3, -0.25) is 4.99 Å². The van der Waals surface area contributed by atoms with E-state index in [0.717, 1.165) is 31.7 Å². The molecule has 2 N–H and O–H groups in total. The Labute approximate surface area is 163 Å². The Morgan fingerprint density at radius 3 is 2.48 bits per heavy atom. The van der Waals surface area contributed by atoms with Gasteiger partial charge in [0.15, 0.2) is 15.8 Å². The molecule has 1 fully saturated rings. The molecule has 2 rings (SSSR count). The van der Waals surface area contributed by atoms with Crippen LogP contribution in [0.25, 0.3) is 0 Å². The number of sulfone groups is 1. The van der Waals surface area contributed by atoms with E-state index in [1.54, 1.807) is 27.8 Å². The smallest absolute Gasteiger partial charge is 0.191 e. The maximum atomic E-state index is 12.2. The van der Waals surface area contributed by atoms with E-state index >= 15 is 0 Å². The molecule has 27 heavy (non-hydrogen) atoms. The van der Waals surface area contributed by atoms with Gasteiger partial charge >= 0.3 is 0 Å². The third-order valence-electron chi connectivity index (χ3n) is 4.88. The predicted octanol–water partition coefficient (Wildman–Crippen LogP) is 1.74. The summed E-state index contributed by atoms with van der Waals surface area (Å²) >= 11 is 0. The lowest BCUT2D eigenvalue weighted by atomic mass is 10.1. The van der Waals surface area contributed by atoms with Gasteiger partial charge in [-0.05, 0) is 52.2 Å². The Kier molecular flexibility index (Phi) is 7.08. The zero-order valence-corrected chi connectivity index (χ0v) is 17.9. The average Bonchev–Trinajstić information content (AvgIpc) is 2.61. The monoisotopic (exact) mass is 395 g/mol. The molecular formula is C19H33N5O2S. The summed E-state index contributed by atoms with van der Waals surface area (Å²) in [7, 11) is -1.43. The normalized spacial score (nSPS) is 17.1. The number of aryl methyl sites for hydroxylation is 1. The van der Waals surface area contributed by atoms with Gasteiger partial charge < -0.3 is 15.5 Å². The summed E-state index contributed by atoms with van der Waals surface area (Å²) in [4.78, 5) is 11.0. The van der Waals surface area contributed by atoms with Crippen molar-refractivity contribution in [3.63, 3.8) is 0 Å². The highest BCUT2D eigenvalue weighted by Crippen LogP contribution is 2.18. The van der Waals surface area contributed by atoms with Crippen LogP contribution in [0.3, 0.4) is 0 Å². The van der Waals surface area contributed by atoms with Gasteiger partial charge in [-0.25, -0.2) is 13.4 Å². The van der Waals surface area contributed by atoms with E-state index in [0.29, 0.717) is 18.5 Å². The number of guanidine groups is 1. The largest absolute Gasteiger partial charge is 0.356 e. The van der Waals surface area contributed by atoms with Crippen LogP contribution in [0.4, 0.5) is 5.82 Å². The molecule has 0 aromatic carbocycles. The fraction of sp³-hybridized carbons (Fsp3) is 0.684. The molecule has 0 aliphatic carbocycles. The predicted molar refractivity (Wildman–Crippen MR) is 112 cm³/mol. The molecule has 0 radical (unpaired) electrons. The minimum atomic E-state index is -3.13. The van der Waals surface area contributed by atoms with Gasteiger partial charge in [0.2, 0.25) is 0 Å². The van der Waals surface area contributed by atoms with Crippen molar-refractivity contribution in [3.8, 4) is 0 Å². The average molecular weight is 396 g/mol. The van der Waals surface area contributed by atoms with Crippen LogP contribution >= 0.6 is 0 Å². The summed E-state index contributed by atoms with van der Waals surface area (Å²) in [5.74, 6) is 1.77. The van der Waals surface area contributed by atoms with Gasteiger partial charge in [0.05, 0.1) is 10.5 Å². The van der Waals surface area contributed by atoms with E-state index in [9.17, 15) is 8.42 Å². The summed E-state index contributed by atoms with van der Waals surface area (Å²) in [6.45, 7) is 9.44. The molecule has 2 heterocycles. The third kappa shape index (κ3) is 6.09. The second kappa shape index (κ2) is 8.91. The number of hydrogen-bond acceptors (Lipinski definition) is 5. The highest BCUT2D eigenvalue weighted by Gasteiger charge is 2.28. The first kappa shape index (κ1) is 21.5. The van der Waals surface area contributed by atoms with E-state index in [1.807, 2.05) is 13.1 Å². The minimum Gasteiger partial charge on any atom is -0.356 e. The van der Waals surface area contributed by atoms with Crippen LogP contribution in [-0.2, 0) is 9.84 Å². The van der Waals surface area contributed by atoms with Crippen molar-refractivity contribution >= 4 is 21.6 Å².